The van der Waals surface area contributed by atoms with E-state index in [2.05, 4.69) is 48.1 Å². The Labute approximate surface area is 313 Å². The number of fused-ring (bicyclic) bond motifs is 7. The molecule has 0 heterocycles. The molecule has 0 aromatic heterocycles. The average molecular weight is 703 g/mol. The van der Waals surface area contributed by atoms with Gasteiger partial charge in [-0.15, -0.1) is 0 Å². The summed E-state index contributed by atoms with van der Waals surface area (Å²) in [5.74, 6) is 2.24. The van der Waals surface area contributed by atoms with Crippen molar-refractivity contribution in [3.05, 3.63) is 96.1 Å². The maximum atomic E-state index is 13.1. The predicted octanol–water partition coefficient (Wildman–Crippen LogP) is 11.5. The van der Waals surface area contributed by atoms with Gasteiger partial charge in [0.05, 0.1) is 6.61 Å². The molecule has 0 bridgehead atoms. The van der Waals surface area contributed by atoms with Crippen molar-refractivity contribution in [2.24, 2.45) is 56.7 Å². The molecule has 5 aliphatic rings. The maximum absolute atomic E-state index is 13.1. The summed E-state index contributed by atoms with van der Waals surface area (Å²) in [5, 5.41) is 0. The number of rotatable bonds is 8. The normalized spacial score (nSPS) is 39.2. The fourth-order valence-corrected chi connectivity index (χ4v) is 13.6. The summed E-state index contributed by atoms with van der Waals surface area (Å²) in [6, 6.07) is 19.9. The Kier molecular flexibility index (Phi) is 9.79. The van der Waals surface area contributed by atoms with Crippen LogP contribution in [-0.2, 0) is 19.1 Å². The molecule has 2 aromatic carbocycles. The summed E-state index contributed by atoms with van der Waals surface area (Å²) in [4.78, 5) is 26.2. The van der Waals surface area contributed by atoms with Gasteiger partial charge in [0, 0.05) is 23.0 Å². The van der Waals surface area contributed by atoms with Gasteiger partial charge in [0.25, 0.3) is 0 Å². The first-order chi connectivity index (χ1) is 24.7. The Hall–Kier alpha value is -3.40. The lowest BCUT2D eigenvalue weighted by molar-refractivity contribution is -0.251. The summed E-state index contributed by atoms with van der Waals surface area (Å²) in [7, 11) is 0. The van der Waals surface area contributed by atoms with Crippen LogP contribution in [0, 0.1) is 56.7 Å². The Morgan fingerprint density at radius 2 is 1.35 bits per heavy atom. The molecule has 5 aliphatic carbocycles. The minimum atomic E-state index is -0.234. The number of carbonyl (C=O) groups is 2. The van der Waals surface area contributed by atoms with E-state index in [1.165, 1.54) is 37.7 Å². The molecule has 0 spiro atoms. The molecular weight excluding hydrogens is 641 g/mol. The van der Waals surface area contributed by atoms with Crippen LogP contribution in [0.15, 0.2) is 85.0 Å². The Bertz CT molecular complexity index is 1710. The van der Waals surface area contributed by atoms with Crippen molar-refractivity contribution in [3.63, 3.8) is 0 Å². The minimum absolute atomic E-state index is 0.0211. The van der Waals surface area contributed by atoms with Crippen LogP contribution in [0.5, 0.6) is 0 Å². The molecule has 10 atom stereocenters. The number of ether oxygens (including phenoxy) is 2. The largest absolute Gasteiger partial charge is 0.462 e. The second-order valence-corrected chi connectivity index (χ2v) is 18.9. The lowest BCUT2D eigenvalue weighted by atomic mass is 9.32. The zero-order valence-corrected chi connectivity index (χ0v) is 32.7. The highest BCUT2D eigenvalue weighted by Crippen LogP contribution is 2.77. The smallest absolute Gasteiger partial charge is 0.331 e. The number of esters is 2. The predicted molar refractivity (Wildman–Crippen MR) is 211 cm³/mol. The third kappa shape index (κ3) is 6.14. The molecule has 0 unspecified atom stereocenters. The van der Waals surface area contributed by atoms with E-state index < -0.39 is 0 Å². The van der Waals surface area contributed by atoms with Crippen LogP contribution < -0.4 is 0 Å². The van der Waals surface area contributed by atoms with Crippen LogP contribution in [0.2, 0.25) is 0 Å². The van der Waals surface area contributed by atoms with Gasteiger partial charge in [-0.1, -0.05) is 107 Å². The number of hydrogen-bond donors (Lipinski definition) is 0. The quantitative estimate of drug-likeness (QED) is 0.156. The molecule has 5 fully saturated rings. The molecule has 4 nitrogen and oxygen atoms in total. The van der Waals surface area contributed by atoms with Crippen LogP contribution in [0.25, 0.3) is 12.2 Å². The van der Waals surface area contributed by atoms with Gasteiger partial charge < -0.3 is 9.47 Å². The Morgan fingerprint density at radius 3 is 1.98 bits per heavy atom. The minimum Gasteiger partial charge on any atom is -0.462 e. The molecule has 2 aromatic rings. The summed E-state index contributed by atoms with van der Waals surface area (Å²) in [5.41, 5.74) is 3.89. The first-order valence-corrected chi connectivity index (χ1v) is 20.2. The molecule has 7 rings (SSSR count). The van der Waals surface area contributed by atoms with Gasteiger partial charge in [-0.3, -0.25) is 0 Å². The second-order valence-electron chi connectivity index (χ2n) is 18.9. The highest BCUT2D eigenvalue weighted by Gasteiger charge is 2.71. The maximum Gasteiger partial charge on any atom is 0.331 e. The first-order valence-electron chi connectivity index (χ1n) is 20.2. The highest BCUT2D eigenvalue weighted by atomic mass is 16.5. The topological polar surface area (TPSA) is 52.6 Å². The van der Waals surface area contributed by atoms with Crippen LogP contribution in [0.3, 0.4) is 0 Å². The van der Waals surface area contributed by atoms with Gasteiger partial charge in [-0.25, -0.2) is 9.59 Å². The molecule has 0 amide bonds. The van der Waals surface area contributed by atoms with Crippen molar-refractivity contribution in [2.75, 3.05) is 6.61 Å². The number of benzene rings is 2. The molecule has 0 aliphatic heterocycles. The first kappa shape index (κ1) is 36.9. The number of allylic oxidation sites excluding steroid dienone is 1. The third-order valence-corrected chi connectivity index (χ3v) is 16.4. The standard InChI is InChI=1S/C48H62O4/c1-33(2)36-24-29-48(32-51-41(49)22-18-34-14-10-8-11-15-34)31-30-46(6)37(43(36)48)20-21-39-45(5)27-26-40(44(3,4)38(45)25-28-47(39,46)7)52-42(50)23-19-35-16-12-9-13-17-35/h8-19,22-23,36-40,43H,1,20-21,24-32H2,2-7H3/b22-18+,23-19+/t36-,37+,38+,39-,40+,43+,45-,46+,47-,48-/m0/s1. The fraction of sp³-hybridized carbons (Fsp3) is 0.583. The average Bonchev–Trinajstić information content (AvgIpc) is 3.52. The van der Waals surface area contributed by atoms with Gasteiger partial charge in [0.2, 0.25) is 0 Å². The van der Waals surface area contributed by atoms with E-state index in [0.717, 1.165) is 43.2 Å². The summed E-state index contributed by atoms with van der Waals surface area (Å²) >= 11 is 0. The van der Waals surface area contributed by atoms with Crippen molar-refractivity contribution in [1.29, 1.82) is 0 Å². The molecule has 278 valence electrons. The van der Waals surface area contributed by atoms with Gasteiger partial charge in [0.1, 0.15) is 6.10 Å². The lowest BCUT2D eigenvalue weighted by Gasteiger charge is -2.73. The van der Waals surface area contributed by atoms with Crippen LogP contribution >= 0.6 is 0 Å². The van der Waals surface area contributed by atoms with Gasteiger partial charge in [-0.2, -0.15) is 0 Å². The Morgan fingerprint density at radius 1 is 0.712 bits per heavy atom. The molecule has 0 radical (unpaired) electrons. The molecule has 0 saturated heterocycles. The van der Waals surface area contributed by atoms with Crippen molar-refractivity contribution >= 4 is 24.1 Å². The molecule has 4 heteroatoms. The van der Waals surface area contributed by atoms with E-state index in [4.69, 9.17) is 9.47 Å². The van der Waals surface area contributed by atoms with Crippen molar-refractivity contribution in [3.8, 4) is 0 Å². The van der Waals surface area contributed by atoms with E-state index >= 15 is 0 Å². The van der Waals surface area contributed by atoms with Crippen LogP contribution in [0.4, 0.5) is 0 Å². The van der Waals surface area contributed by atoms with Crippen molar-refractivity contribution in [2.45, 2.75) is 112 Å². The lowest BCUT2D eigenvalue weighted by Crippen LogP contribution is -2.67. The van der Waals surface area contributed by atoms with E-state index in [1.807, 2.05) is 72.8 Å². The van der Waals surface area contributed by atoms with Gasteiger partial charge in [-0.05, 0) is 140 Å². The van der Waals surface area contributed by atoms with Gasteiger partial charge in [0.15, 0.2) is 0 Å². The molecule has 0 N–H and O–H groups in total. The SMILES string of the molecule is C=C(C)[C@@H]1CC[C@@]2(COC(=O)/C=C/c3ccccc3)CC[C@]3(C)[C@H](CC[C@H]4[C@@]5(C)CC[C@@H](OC(=O)/C=C/c6ccccc6)C(C)(C)[C@H]5CC[C@@]43C)[C@@H]12. The van der Waals surface area contributed by atoms with Crippen LogP contribution in [-0.4, -0.2) is 24.6 Å². The van der Waals surface area contributed by atoms with E-state index in [1.54, 1.807) is 12.2 Å². The fourth-order valence-electron chi connectivity index (χ4n) is 13.6. The zero-order chi connectivity index (χ0) is 36.9. The summed E-state index contributed by atoms with van der Waals surface area (Å²) in [6.07, 6.45) is 18.3. The second kappa shape index (κ2) is 13.8. The van der Waals surface area contributed by atoms with Gasteiger partial charge >= 0.3 is 11.9 Å². The Balaban J connectivity index is 1.09. The van der Waals surface area contributed by atoms with E-state index in [-0.39, 0.29) is 45.1 Å². The zero-order valence-electron chi connectivity index (χ0n) is 32.7. The summed E-state index contributed by atoms with van der Waals surface area (Å²) < 4.78 is 12.5. The summed E-state index contributed by atoms with van der Waals surface area (Å²) in [6.45, 7) is 20.0. The number of carbonyl (C=O) groups excluding carboxylic acids is 2. The van der Waals surface area contributed by atoms with Crippen molar-refractivity contribution in [1.82, 2.24) is 0 Å². The van der Waals surface area contributed by atoms with Crippen LogP contribution in [0.1, 0.15) is 117 Å². The molecular formula is C48H62O4. The molecule has 5 saturated carbocycles. The number of hydrogen-bond acceptors (Lipinski definition) is 4. The highest BCUT2D eigenvalue weighted by molar-refractivity contribution is 5.87. The third-order valence-electron chi connectivity index (χ3n) is 16.4. The van der Waals surface area contributed by atoms with E-state index in [0.29, 0.717) is 36.2 Å². The molecule has 52 heavy (non-hydrogen) atoms. The van der Waals surface area contributed by atoms with Crippen molar-refractivity contribution < 1.29 is 19.1 Å². The monoisotopic (exact) mass is 702 g/mol. The van der Waals surface area contributed by atoms with E-state index in [9.17, 15) is 9.59 Å².